The Bertz CT molecular complexity index is 308. The van der Waals surface area contributed by atoms with Crippen molar-refractivity contribution >= 4 is 15.9 Å². The number of hydrogen-bond donors (Lipinski definition) is 1. The van der Waals surface area contributed by atoms with Gasteiger partial charge in [0.25, 0.3) is 0 Å². The van der Waals surface area contributed by atoms with Crippen LogP contribution in [0.25, 0.3) is 0 Å². The highest BCUT2D eigenvalue weighted by Crippen LogP contribution is 2.15. The molecule has 2 N–H and O–H groups in total. The van der Waals surface area contributed by atoms with Gasteiger partial charge >= 0.3 is 0 Å². The Labute approximate surface area is 80.3 Å². The summed E-state index contributed by atoms with van der Waals surface area (Å²) >= 11 is 3.30. The maximum Gasteiger partial charge on any atom is 0.190 e. The molecule has 3 heteroatoms. The van der Waals surface area contributed by atoms with Crippen molar-refractivity contribution in [3.63, 3.8) is 0 Å². The molecule has 0 saturated heterocycles. The molecule has 2 nitrogen and oxygen atoms in total. The largest absolute Gasteiger partial charge is 0.455 e. The average molecular weight is 228 g/mol. The van der Waals surface area contributed by atoms with Crippen molar-refractivity contribution < 1.29 is 4.42 Å². The minimum absolute atomic E-state index is 0.0676. The van der Waals surface area contributed by atoms with Gasteiger partial charge in [-0.15, -0.1) is 0 Å². The highest BCUT2D eigenvalue weighted by Gasteiger charge is 1.98. The van der Waals surface area contributed by atoms with Crippen LogP contribution in [0.3, 0.4) is 0 Å². The van der Waals surface area contributed by atoms with Crippen LogP contribution in [-0.4, -0.2) is 6.04 Å². The summed E-state index contributed by atoms with van der Waals surface area (Å²) in [6, 6.07) is 1.74. The minimum Gasteiger partial charge on any atom is -0.455 e. The Balaban J connectivity index is 2.72. The van der Waals surface area contributed by atoms with Gasteiger partial charge in [0.05, 0.1) is 16.8 Å². The molecule has 1 rings (SSSR count). The van der Waals surface area contributed by atoms with Gasteiger partial charge in [-0.3, -0.25) is 0 Å². The number of rotatable bonds is 1. The lowest BCUT2D eigenvalue weighted by Crippen LogP contribution is -2.15. The SMILES string of the molecule is CCC(N)C#Cc1occc1Br. The third-order valence-corrected chi connectivity index (χ3v) is 2.05. The fraction of sp³-hybridized carbons (Fsp3) is 0.333. The van der Waals surface area contributed by atoms with E-state index in [-0.39, 0.29) is 6.04 Å². The second kappa shape index (κ2) is 4.34. The van der Waals surface area contributed by atoms with Crippen molar-refractivity contribution in [2.45, 2.75) is 19.4 Å². The van der Waals surface area contributed by atoms with Crippen LogP contribution in [0.2, 0.25) is 0 Å². The van der Waals surface area contributed by atoms with E-state index in [1.165, 1.54) is 0 Å². The monoisotopic (exact) mass is 227 g/mol. The molecule has 0 bridgehead atoms. The molecule has 0 aromatic carbocycles. The van der Waals surface area contributed by atoms with Gasteiger partial charge in [0, 0.05) is 0 Å². The molecule has 0 radical (unpaired) electrons. The van der Waals surface area contributed by atoms with Gasteiger partial charge < -0.3 is 10.2 Å². The van der Waals surface area contributed by atoms with Gasteiger partial charge in [-0.2, -0.15) is 0 Å². The number of nitrogens with two attached hydrogens (primary N) is 1. The normalized spacial score (nSPS) is 11.9. The molecule has 0 spiro atoms. The molecule has 1 unspecified atom stereocenters. The zero-order valence-corrected chi connectivity index (χ0v) is 8.39. The number of furan rings is 1. The molecule has 0 fully saturated rings. The predicted molar refractivity (Wildman–Crippen MR) is 51.6 cm³/mol. The molecular weight excluding hydrogens is 218 g/mol. The van der Waals surface area contributed by atoms with Crippen molar-refractivity contribution in [2.24, 2.45) is 5.73 Å². The first-order valence-corrected chi connectivity index (χ1v) is 4.53. The minimum atomic E-state index is -0.0676. The summed E-state index contributed by atoms with van der Waals surface area (Å²) in [7, 11) is 0. The molecule has 0 aliphatic heterocycles. The van der Waals surface area contributed by atoms with E-state index in [4.69, 9.17) is 10.2 Å². The second-order valence-corrected chi connectivity index (χ2v) is 3.24. The molecule has 0 saturated carbocycles. The summed E-state index contributed by atoms with van der Waals surface area (Å²) in [5, 5.41) is 0. The summed E-state index contributed by atoms with van der Waals surface area (Å²) in [5.41, 5.74) is 5.61. The first kappa shape index (κ1) is 9.37. The van der Waals surface area contributed by atoms with E-state index in [2.05, 4.69) is 27.8 Å². The number of halogens is 1. The molecule has 12 heavy (non-hydrogen) atoms. The fourth-order valence-electron chi connectivity index (χ4n) is 0.643. The molecule has 1 aromatic rings. The van der Waals surface area contributed by atoms with Gasteiger partial charge in [0.1, 0.15) is 0 Å². The van der Waals surface area contributed by atoms with E-state index in [1.807, 2.05) is 13.0 Å². The van der Waals surface area contributed by atoms with Gasteiger partial charge in [-0.05, 0) is 34.3 Å². The quantitative estimate of drug-likeness (QED) is 0.748. The van der Waals surface area contributed by atoms with Crippen molar-refractivity contribution in [1.29, 1.82) is 0 Å². The summed E-state index contributed by atoms with van der Waals surface area (Å²) < 4.78 is 5.96. The molecule has 0 aliphatic carbocycles. The van der Waals surface area contributed by atoms with Crippen LogP contribution in [0.4, 0.5) is 0 Å². The summed E-state index contributed by atoms with van der Waals surface area (Å²) in [4.78, 5) is 0. The van der Waals surface area contributed by atoms with Crippen LogP contribution in [-0.2, 0) is 0 Å². The van der Waals surface area contributed by atoms with Gasteiger partial charge in [0.15, 0.2) is 5.76 Å². The van der Waals surface area contributed by atoms with Crippen LogP contribution in [0.15, 0.2) is 21.2 Å². The fourth-order valence-corrected chi connectivity index (χ4v) is 0.944. The Morgan fingerprint density at radius 3 is 3.00 bits per heavy atom. The van der Waals surface area contributed by atoms with E-state index in [9.17, 15) is 0 Å². The van der Waals surface area contributed by atoms with Crippen molar-refractivity contribution in [3.8, 4) is 11.8 Å². The zero-order chi connectivity index (χ0) is 8.97. The molecule has 1 aromatic heterocycles. The van der Waals surface area contributed by atoms with Crippen molar-refractivity contribution in [1.82, 2.24) is 0 Å². The zero-order valence-electron chi connectivity index (χ0n) is 6.80. The molecule has 64 valence electrons. The van der Waals surface area contributed by atoms with E-state index in [0.717, 1.165) is 10.9 Å². The van der Waals surface area contributed by atoms with Crippen LogP contribution in [0.1, 0.15) is 19.1 Å². The van der Waals surface area contributed by atoms with Crippen LogP contribution < -0.4 is 5.73 Å². The topological polar surface area (TPSA) is 39.2 Å². The Morgan fingerprint density at radius 2 is 2.50 bits per heavy atom. The lowest BCUT2D eigenvalue weighted by molar-refractivity contribution is 0.552. The molecule has 0 amide bonds. The first-order valence-electron chi connectivity index (χ1n) is 3.74. The Hall–Kier alpha value is -0.720. The summed E-state index contributed by atoms with van der Waals surface area (Å²) in [5.74, 6) is 6.37. The third-order valence-electron chi connectivity index (χ3n) is 1.43. The van der Waals surface area contributed by atoms with Crippen molar-refractivity contribution in [2.75, 3.05) is 0 Å². The lowest BCUT2D eigenvalue weighted by Gasteiger charge is -1.94. The van der Waals surface area contributed by atoms with Crippen molar-refractivity contribution in [3.05, 3.63) is 22.6 Å². The third kappa shape index (κ3) is 2.40. The summed E-state index contributed by atoms with van der Waals surface area (Å²) in [6.45, 7) is 2.00. The van der Waals surface area contributed by atoms with Gasteiger partial charge in [-0.25, -0.2) is 0 Å². The molecular formula is C9H10BrNO. The smallest absolute Gasteiger partial charge is 0.190 e. The van der Waals surface area contributed by atoms with E-state index in [0.29, 0.717) is 5.76 Å². The van der Waals surface area contributed by atoms with Crippen LogP contribution in [0.5, 0.6) is 0 Å². The lowest BCUT2D eigenvalue weighted by atomic mass is 10.2. The number of hydrogen-bond acceptors (Lipinski definition) is 2. The standard InChI is InChI=1S/C9H10BrNO/c1-2-7(11)3-4-9-8(10)5-6-12-9/h5-7H,2,11H2,1H3. The predicted octanol–water partition coefficient (Wildman–Crippen LogP) is 2.13. The van der Waals surface area contributed by atoms with E-state index < -0.39 is 0 Å². The highest BCUT2D eigenvalue weighted by molar-refractivity contribution is 9.10. The second-order valence-electron chi connectivity index (χ2n) is 2.38. The highest BCUT2D eigenvalue weighted by atomic mass is 79.9. The van der Waals surface area contributed by atoms with Gasteiger partial charge in [0.2, 0.25) is 0 Å². The first-order chi connectivity index (χ1) is 5.74. The molecule has 1 heterocycles. The molecule has 1 atom stereocenters. The van der Waals surface area contributed by atoms with E-state index in [1.54, 1.807) is 6.26 Å². The Kier molecular flexibility index (Phi) is 3.39. The van der Waals surface area contributed by atoms with Crippen LogP contribution in [0, 0.1) is 11.8 Å². The average Bonchev–Trinajstić information content (AvgIpc) is 2.47. The van der Waals surface area contributed by atoms with Gasteiger partial charge in [-0.1, -0.05) is 12.8 Å². The van der Waals surface area contributed by atoms with E-state index >= 15 is 0 Å². The molecule has 0 aliphatic rings. The maximum atomic E-state index is 5.61. The summed E-state index contributed by atoms with van der Waals surface area (Å²) in [6.07, 6.45) is 2.44. The Morgan fingerprint density at radius 1 is 1.75 bits per heavy atom. The van der Waals surface area contributed by atoms with Crippen LogP contribution >= 0.6 is 15.9 Å². The maximum absolute atomic E-state index is 5.61.